The predicted octanol–water partition coefficient (Wildman–Crippen LogP) is 1.57. The number of hydrogen-bond acceptors (Lipinski definition) is 3. The van der Waals surface area contributed by atoms with E-state index in [1.807, 2.05) is 31.2 Å². The predicted molar refractivity (Wildman–Crippen MR) is 77.9 cm³/mol. The van der Waals surface area contributed by atoms with Crippen LogP contribution in [0.5, 0.6) is 0 Å². The minimum atomic E-state index is -0.754. The van der Waals surface area contributed by atoms with E-state index >= 15 is 0 Å². The molecule has 0 saturated carbocycles. The topological polar surface area (TPSA) is 78.4 Å². The molecular weight excluding hydrogens is 256 g/mol. The molecule has 0 unspecified atom stereocenters. The molecule has 1 rings (SSSR count). The van der Waals surface area contributed by atoms with Gasteiger partial charge in [0.15, 0.2) is 0 Å². The van der Waals surface area contributed by atoms with Crippen molar-refractivity contribution < 1.29 is 14.7 Å². The van der Waals surface area contributed by atoms with Crippen molar-refractivity contribution in [3.05, 3.63) is 35.4 Å². The Morgan fingerprint density at radius 3 is 2.40 bits per heavy atom. The van der Waals surface area contributed by atoms with Crippen molar-refractivity contribution in [3.8, 4) is 0 Å². The fourth-order valence-electron chi connectivity index (χ4n) is 1.72. The van der Waals surface area contributed by atoms with Crippen LogP contribution in [0, 0.1) is 6.92 Å². The molecular formula is C15H22N2O3. The molecule has 0 aliphatic rings. The third-order valence-electron chi connectivity index (χ3n) is 2.90. The first-order valence-electron chi connectivity index (χ1n) is 6.87. The number of carbonyl (C=O) groups is 2. The number of nitrogens with one attached hydrogen (secondary N) is 2. The van der Waals surface area contributed by atoms with Crippen molar-refractivity contribution in [2.24, 2.45) is 0 Å². The average molecular weight is 278 g/mol. The third-order valence-corrected chi connectivity index (χ3v) is 2.90. The van der Waals surface area contributed by atoms with Crippen LogP contribution in [-0.4, -0.2) is 36.6 Å². The summed E-state index contributed by atoms with van der Waals surface area (Å²) >= 11 is 0. The second-order valence-electron chi connectivity index (χ2n) is 4.72. The molecule has 110 valence electrons. The Kier molecular flexibility index (Phi) is 7.35. The summed E-state index contributed by atoms with van der Waals surface area (Å²) in [6, 6.07) is 7.44. The molecule has 0 bridgehead atoms. The van der Waals surface area contributed by atoms with E-state index < -0.39 is 5.97 Å². The van der Waals surface area contributed by atoms with Crippen LogP contribution in [-0.2, 0) is 4.79 Å². The number of aliphatic carboxylic acids is 1. The Labute approximate surface area is 119 Å². The van der Waals surface area contributed by atoms with Gasteiger partial charge in [-0.3, -0.25) is 9.59 Å². The summed E-state index contributed by atoms with van der Waals surface area (Å²) in [4.78, 5) is 22.1. The van der Waals surface area contributed by atoms with E-state index in [0.717, 1.165) is 18.5 Å². The third kappa shape index (κ3) is 6.89. The maximum Gasteiger partial charge on any atom is 0.303 e. The molecule has 0 atom stereocenters. The molecule has 0 fully saturated rings. The van der Waals surface area contributed by atoms with E-state index in [4.69, 9.17) is 5.11 Å². The zero-order chi connectivity index (χ0) is 14.8. The molecule has 1 amide bonds. The fourth-order valence-corrected chi connectivity index (χ4v) is 1.72. The average Bonchev–Trinajstić information content (AvgIpc) is 2.42. The zero-order valence-electron chi connectivity index (χ0n) is 11.8. The van der Waals surface area contributed by atoms with Gasteiger partial charge in [-0.1, -0.05) is 17.7 Å². The summed E-state index contributed by atoms with van der Waals surface area (Å²) in [6.07, 6.45) is 1.72. The lowest BCUT2D eigenvalue weighted by molar-refractivity contribution is -0.137. The highest BCUT2D eigenvalue weighted by molar-refractivity contribution is 5.94. The van der Waals surface area contributed by atoms with Crippen LogP contribution >= 0.6 is 0 Å². The summed E-state index contributed by atoms with van der Waals surface area (Å²) < 4.78 is 0. The number of carboxylic acid groups (broad SMARTS) is 1. The summed E-state index contributed by atoms with van der Waals surface area (Å²) in [5.41, 5.74) is 1.79. The van der Waals surface area contributed by atoms with E-state index in [0.29, 0.717) is 25.1 Å². The number of unbranched alkanes of at least 4 members (excludes halogenated alkanes) is 1. The molecule has 5 nitrogen and oxygen atoms in total. The lowest BCUT2D eigenvalue weighted by Crippen LogP contribution is -2.32. The Bertz CT molecular complexity index is 429. The van der Waals surface area contributed by atoms with Gasteiger partial charge in [0.2, 0.25) is 0 Å². The quantitative estimate of drug-likeness (QED) is 0.599. The van der Waals surface area contributed by atoms with Crippen molar-refractivity contribution in [3.63, 3.8) is 0 Å². The second-order valence-corrected chi connectivity index (χ2v) is 4.72. The van der Waals surface area contributed by atoms with Crippen molar-refractivity contribution >= 4 is 11.9 Å². The van der Waals surface area contributed by atoms with E-state index in [-0.39, 0.29) is 12.3 Å². The lowest BCUT2D eigenvalue weighted by Gasteiger charge is -2.07. The molecule has 0 heterocycles. The Morgan fingerprint density at radius 2 is 1.75 bits per heavy atom. The second kappa shape index (κ2) is 9.09. The first-order valence-corrected chi connectivity index (χ1v) is 6.87. The minimum Gasteiger partial charge on any atom is -0.481 e. The van der Waals surface area contributed by atoms with Gasteiger partial charge in [-0.25, -0.2) is 0 Å². The van der Waals surface area contributed by atoms with Crippen LogP contribution < -0.4 is 10.6 Å². The van der Waals surface area contributed by atoms with Gasteiger partial charge in [0.1, 0.15) is 0 Å². The number of aryl methyl sites for hydroxylation is 1. The van der Waals surface area contributed by atoms with Crippen LogP contribution in [0.4, 0.5) is 0 Å². The van der Waals surface area contributed by atoms with Gasteiger partial charge in [-0.2, -0.15) is 0 Å². The number of hydrogen-bond donors (Lipinski definition) is 3. The molecule has 0 aliphatic heterocycles. The van der Waals surface area contributed by atoms with Crippen molar-refractivity contribution in [2.75, 3.05) is 19.6 Å². The SMILES string of the molecule is Cc1ccc(C(=O)NCCNCCCCC(=O)O)cc1. The molecule has 0 saturated heterocycles. The van der Waals surface area contributed by atoms with E-state index in [1.54, 1.807) is 0 Å². The molecule has 0 spiro atoms. The number of benzene rings is 1. The fraction of sp³-hybridized carbons (Fsp3) is 0.467. The van der Waals surface area contributed by atoms with Crippen molar-refractivity contribution in [1.82, 2.24) is 10.6 Å². The number of rotatable bonds is 9. The highest BCUT2D eigenvalue weighted by Gasteiger charge is 2.03. The maximum atomic E-state index is 11.8. The molecule has 0 aliphatic carbocycles. The van der Waals surface area contributed by atoms with Crippen molar-refractivity contribution in [2.45, 2.75) is 26.2 Å². The molecule has 0 radical (unpaired) electrons. The summed E-state index contributed by atoms with van der Waals surface area (Å²) in [5, 5.41) is 14.5. The number of carbonyl (C=O) groups excluding carboxylic acids is 1. The molecule has 1 aromatic rings. The summed E-state index contributed by atoms with van der Waals surface area (Å²) in [7, 11) is 0. The Hall–Kier alpha value is -1.88. The first-order chi connectivity index (χ1) is 9.59. The van der Waals surface area contributed by atoms with E-state index in [1.165, 1.54) is 0 Å². The van der Waals surface area contributed by atoms with E-state index in [9.17, 15) is 9.59 Å². The molecule has 0 aromatic heterocycles. The molecule has 5 heteroatoms. The van der Waals surface area contributed by atoms with E-state index in [2.05, 4.69) is 10.6 Å². The highest BCUT2D eigenvalue weighted by atomic mass is 16.4. The minimum absolute atomic E-state index is 0.0716. The van der Waals surface area contributed by atoms with Crippen LogP contribution in [0.1, 0.15) is 35.2 Å². The molecule has 20 heavy (non-hydrogen) atoms. The summed E-state index contributed by atoms with van der Waals surface area (Å²) in [5.74, 6) is -0.826. The van der Waals surface area contributed by atoms with Gasteiger partial charge in [0, 0.05) is 25.1 Å². The Balaban J connectivity index is 2.05. The van der Waals surface area contributed by atoms with Crippen LogP contribution in [0.2, 0.25) is 0 Å². The van der Waals surface area contributed by atoms with Gasteiger partial charge in [-0.05, 0) is 38.4 Å². The first kappa shape index (κ1) is 16.2. The van der Waals surface area contributed by atoms with Gasteiger partial charge in [-0.15, -0.1) is 0 Å². The van der Waals surface area contributed by atoms with Gasteiger partial charge >= 0.3 is 5.97 Å². The monoisotopic (exact) mass is 278 g/mol. The molecule has 1 aromatic carbocycles. The largest absolute Gasteiger partial charge is 0.481 e. The summed E-state index contributed by atoms with van der Waals surface area (Å²) in [6.45, 7) is 4.00. The smallest absolute Gasteiger partial charge is 0.303 e. The van der Waals surface area contributed by atoms with Crippen LogP contribution in [0.15, 0.2) is 24.3 Å². The maximum absolute atomic E-state index is 11.8. The van der Waals surface area contributed by atoms with Gasteiger partial charge in [0.25, 0.3) is 5.91 Å². The number of carboxylic acids is 1. The van der Waals surface area contributed by atoms with Crippen molar-refractivity contribution in [1.29, 1.82) is 0 Å². The molecule has 3 N–H and O–H groups in total. The zero-order valence-corrected chi connectivity index (χ0v) is 11.8. The van der Waals surface area contributed by atoms with Gasteiger partial charge in [0.05, 0.1) is 0 Å². The van der Waals surface area contributed by atoms with Gasteiger partial charge < -0.3 is 15.7 Å². The lowest BCUT2D eigenvalue weighted by atomic mass is 10.1. The number of amides is 1. The highest BCUT2D eigenvalue weighted by Crippen LogP contribution is 2.02. The standard InChI is InChI=1S/C15H22N2O3/c1-12-5-7-13(8-6-12)15(20)17-11-10-16-9-3-2-4-14(18)19/h5-8,16H,2-4,9-11H2,1H3,(H,17,20)(H,18,19). The van der Waals surface area contributed by atoms with Crippen LogP contribution in [0.25, 0.3) is 0 Å². The van der Waals surface area contributed by atoms with Crippen LogP contribution in [0.3, 0.4) is 0 Å². The normalized spacial score (nSPS) is 10.2. The Morgan fingerprint density at radius 1 is 1.05 bits per heavy atom.